The monoisotopic (exact) mass is 999 g/mol. The molecule has 1 N–H and O–H groups in total. The largest absolute Gasteiger partial charge is 0.332 e. The number of Topliss-reactive ketones (excluding diaryl/α,β-unsaturated/α-hetero) is 3. The molecule has 4 aromatic rings. The van der Waals surface area contributed by atoms with E-state index in [1.165, 1.54) is 5.57 Å². The van der Waals surface area contributed by atoms with Crippen LogP contribution in [-0.4, -0.2) is 73.9 Å². The first-order valence-electron chi connectivity index (χ1n) is 25.4. The summed E-state index contributed by atoms with van der Waals surface area (Å²) >= 11 is 0. The summed E-state index contributed by atoms with van der Waals surface area (Å²) in [4.78, 5) is 57.2. The molecule has 18 heteroatoms. The Morgan fingerprint density at radius 1 is 0.743 bits per heavy atom. The highest BCUT2D eigenvalue weighted by Gasteiger charge is 2.58. The van der Waals surface area contributed by atoms with Crippen molar-refractivity contribution in [1.82, 2.24) is 54.9 Å². The summed E-state index contributed by atoms with van der Waals surface area (Å²) in [6.07, 6.45) is 12.6. The maximum absolute atomic E-state index is 12.8. The lowest BCUT2D eigenvalue weighted by Gasteiger charge is -2.50. The van der Waals surface area contributed by atoms with Crippen LogP contribution in [0.5, 0.6) is 0 Å². The number of hydrazine groups is 1. The zero-order valence-corrected chi connectivity index (χ0v) is 45.1. The Bertz CT molecular complexity index is 3360. The van der Waals surface area contributed by atoms with E-state index in [1.54, 1.807) is 17.9 Å². The van der Waals surface area contributed by atoms with Gasteiger partial charge in [-0.3, -0.25) is 14.4 Å². The molecule has 0 saturated carbocycles. The van der Waals surface area contributed by atoms with Crippen LogP contribution < -0.4 is 5.43 Å². The Morgan fingerprint density at radius 3 is 1.84 bits per heavy atom. The summed E-state index contributed by atoms with van der Waals surface area (Å²) < 4.78 is 10.8. The van der Waals surface area contributed by atoms with E-state index in [0.29, 0.717) is 17.5 Å². The van der Waals surface area contributed by atoms with E-state index >= 15 is 0 Å². The molecule has 5 heterocycles. The summed E-state index contributed by atoms with van der Waals surface area (Å²) in [5.41, 5.74) is 11.0. The van der Waals surface area contributed by atoms with E-state index < -0.39 is 21.7 Å². The number of ketones is 3. The van der Waals surface area contributed by atoms with Crippen molar-refractivity contribution >= 4 is 17.3 Å². The van der Waals surface area contributed by atoms with Crippen LogP contribution in [0.1, 0.15) is 129 Å². The second-order valence-corrected chi connectivity index (χ2v) is 23.2. The highest BCUT2D eigenvalue weighted by molar-refractivity contribution is 6.03. The first-order valence-corrected chi connectivity index (χ1v) is 25.4. The van der Waals surface area contributed by atoms with E-state index in [1.807, 2.05) is 88.4 Å². The summed E-state index contributed by atoms with van der Waals surface area (Å²) in [5.74, 6) is 1.87. The number of carbonyl (C=O) groups is 3. The van der Waals surface area contributed by atoms with Crippen molar-refractivity contribution in [3.05, 3.63) is 128 Å². The molecule has 0 bridgehead atoms. The van der Waals surface area contributed by atoms with Gasteiger partial charge in [0.15, 0.2) is 29.0 Å². The molecule has 74 heavy (non-hydrogen) atoms. The fraction of sp³-hybridized carbons (Fsp3) is 0.536. The smallest absolute Gasteiger partial charge is 0.276 e. The molecule has 1 aliphatic heterocycles. The Hall–Kier alpha value is -7.52. The van der Waals surface area contributed by atoms with E-state index in [0.717, 1.165) is 83.8 Å². The van der Waals surface area contributed by atoms with Crippen molar-refractivity contribution in [2.75, 3.05) is 7.05 Å². The van der Waals surface area contributed by atoms with Crippen molar-refractivity contribution in [2.24, 2.45) is 54.0 Å². The quantitative estimate of drug-likeness (QED) is 0.192. The van der Waals surface area contributed by atoms with Crippen molar-refractivity contribution in [3.63, 3.8) is 0 Å². The first-order chi connectivity index (χ1) is 34.7. The molecule has 384 valence electrons. The number of hydrogen-bond donors (Lipinski definition) is 1. The van der Waals surface area contributed by atoms with Gasteiger partial charge >= 0.3 is 0 Å². The van der Waals surface area contributed by atoms with Gasteiger partial charge in [0.25, 0.3) is 5.89 Å². The summed E-state index contributed by atoms with van der Waals surface area (Å²) in [7, 11) is 5.74. The van der Waals surface area contributed by atoms with Gasteiger partial charge < -0.3 is 24.3 Å². The molecule has 7 atom stereocenters. The van der Waals surface area contributed by atoms with Gasteiger partial charge in [-0.15, -0.1) is 5.10 Å². The molecule has 0 spiro atoms. The standard InChI is InChI=1S/C21H26N6O.C18H19N5O2.C17H21N3O/c1-12(2)27-11-23-19(25-27)16-13-8-9-15-20(3,4)18(28)14(22-6)10-21(15,5)17(13)24-26(16)7;1-9-12-7-6-11-14(17-20-10(2)22-25-17)23(5)21-16(11)18(12,3)8-13(19-4)15(9)24;1-10-11-7-8-13-16(2,3)15(21)12(18-5)9-17(13,4)14(11)19-20(10)6/h10-12,15H,8-9H2,1-5,7H3;8-9,12H,6-7H2,1-3,5H3;9,13,19H,1,7-8H2,2-4,6H3/t15-,21-;9-,12-,18-;13-,17-/m000/s1. The van der Waals surface area contributed by atoms with Crippen molar-refractivity contribution in [2.45, 2.75) is 132 Å². The predicted molar refractivity (Wildman–Crippen MR) is 276 cm³/mol. The van der Waals surface area contributed by atoms with Crippen LogP contribution in [0.25, 0.3) is 37.6 Å². The number of aromatic nitrogens is 9. The Kier molecular flexibility index (Phi) is 12.2. The lowest BCUT2D eigenvalue weighted by Crippen LogP contribution is -2.50. The Morgan fingerprint density at radius 2 is 1.27 bits per heavy atom. The molecule has 18 nitrogen and oxygen atoms in total. The number of rotatable bonds is 3. The summed E-state index contributed by atoms with van der Waals surface area (Å²) in [6, 6.07) is 0.238. The molecule has 0 saturated heterocycles. The fourth-order valence-electron chi connectivity index (χ4n) is 13.9. The number of carbonyl (C=O) groups excluding carboxylic acids is 3. The normalized spacial score (nSPS) is 28.9. The van der Waals surface area contributed by atoms with Gasteiger partial charge in [-0.05, 0) is 82.6 Å². The minimum absolute atomic E-state index is 0.0193. The molecule has 0 aromatic carbocycles. The average Bonchev–Trinajstić information content (AvgIpc) is 4.19. The third-order valence-electron chi connectivity index (χ3n) is 17.8. The third kappa shape index (κ3) is 7.47. The number of nitrogens with zero attached hydrogens (tertiary/aromatic N) is 13. The molecule has 4 aromatic heterocycles. The zero-order valence-electron chi connectivity index (χ0n) is 45.1. The first kappa shape index (κ1) is 51.4. The molecule has 0 unspecified atom stereocenters. The molecular formula is C56H66N14O4. The molecule has 11 rings (SSSR count). The van der Waals surface area contributed by atoms with E-state index in [9.17, 15) is 14.4 Å². The molecular weight excluding hydrogens is 933 g/mol. The fourth-order valence-corrected chi connectivity index (χ4v) is 13.9. The van der Waals surface area contributed by atoms with Gasteiger partial charge in [0.05, 0.1) is 36.8 Å². The lowest BCUT2D eigenvalue weighted by atomic mass is 9.53. The Labute approximate surface area is 433 Å². The van der Waals surface area contributed by atoms with Gasteiger partial charge in [-0.25, -0.2) is 24.2 Å². The van der Waals surface area contributed by atoms with Crippen LogP contribution in [0.15, 0.2) is 69.7 Å². The second kappa shape index (κ2) is 17.6. The van der Waals surface area contributed by atoms with Crippen LogP contribution >= 0.6 is 0 Å². The molecule has 0 amide bonds. The Balaban J connectivity index is 0.000000138. The van der Waals surface area contributed by atoms with E-state index in [-0.39, 0.29) is 69.6 Å². The number of fused-ring (bicyclic) bond motifs is 8. The highest BCUT2D eigenvalue weighted by atomic mass is 16.5. The van der Waals surface area contributed by atoms with Crippen LogP contribution in [0, 0.1) is 66.6 Å². The maximum atomic E-state index is 12.8. The zero-order chi connectivity index (χ0) is 53.9. The van der Waals surface area contributed by atoms with Gasteiger partial charge in [0.2, 0.25) is 17.1 Å². The minimum atomic E-state index is -0.587. The van der Waals surface area contributed by atoms with Crippen molar-refractivity contribution in [1.29, 1.82) is 0 Å². The van der Waals surface area contributed by atoms with E-state index in [2.05, 4.69) is 81.4 Å². The molecule has 6 aliphatic carbocycles. The van der Waals surface area contributed by atoms with Crippen LogP contribution in [-0.2, 0) is 52.2 Å². The number of allylic oxidation sites excluding steroid dienone is 7. The third-order valence-corrected chi connectivity index (χ3v) is 17.8. The number of likely N-dealkylation sites (N-methyl/N-ethyl adjacent to an activating group) is 1. The number of aryl methyl sites for hydroxylation is 3. The summed E-state index contributed by atoms with van der Waals surface area (Å²) in [6.45, 7) is 48.4. The number of nitrogens with one attached hydrogen (secondary N) is 1. The van der Waals surface area contributed by atoms with Crippen LogP contribution in [0.4, 0.5) is 0 Å². The lowest BCUT2D eigenvalue weighted by molar-refractivity contribution is -0.129. The predicted octanol–water partition coefficient (Wildman–Crippen LogP) is 9.14. The van der Waals surface area contributed by atoms with Gasteiger partial charge in [-0.1, -0.05) is 85.4 Å². The van der Waals surface area contributed by atoms with Crippen LogP contribution in [0.3, 0.4) is 0 Å². The second-order valence-electron chi connectivity index (χ2n) is 23.2. The van der Waals surface area contributed by atoms with Gasteiger partial charge in [-0.2, -0.15) is 15.2 Å². The minimum Gasteiger partial charge on any atom is -0.332 e. The van der Waals surface area contributed by atoms with Gasteiger partial charge in [0, 0.05) is 77.0 Å². The molecule has 0 radical (unpaired) electrons. The van der Waals surface area contributed by atoms with Crippen molar-refractivity contribution < 1.29 is 18.9 Å². The maximum Gasteiger partial charge on any atom is 0.276 e. The highest BCUT2D eigenvalue weighted by Crippen LogP contribution is 2.59. The number of hydrogen-bond acceptors (Lipinski definition) is 12. The van der Waals surface area contributed by atoms with Gasteiger partial charge in [0.1, 0.15) is 17.7 Å². The average molecular weight is 999 g/mol. The SMILES string of the molecule is [C-]#[N+]C1=C[C@]2(C)C3=C(CC[C@H]2C(C)(C)C1=O)C(=C)N(C)N3.[C-]#[N+]C1=C[C@]2(C)c3nn(C)c(-c4nc(C)no4)c3CC[C@H]2[C@H](C)C1=O.[C-]#[N+]C1=C[C@]2(C)c3nn(C)c(-c4ncn(C(C)C)n4)c3CC[C@H]2C(C)(C)C1=O. The van der Waals surface area contributed by atoms with E-state index in [4.69, 9.17) is 34.4 Å². The molecule has 0 fully saturated rings. The topological polar surface area (TPSA) is 185 Å². The molecule has 7 aliphatic rings. The van der Waals surface area contributed by atoms with Crippen LogP contribution in [0.2, 0.25) is 0 Å². The summed E-state index contributed by atoms with van der Waals surface area (Å²) in [5, 5.41) is 20.1. The van der Waals surface area contributed by atoms with Crippen molar-refractivity contribution in [3.8, 4) is 23.1 Å².